The number of rotatable bonds is 9. The second kappa shape index (κ2) is 11.0. The highest BCUT2D eigenvalue weighted by molar-refractivity contribution is 6.30. The smallest absolute Gasteiger partial charge is 0.335 e. The summed E-state index contributed by atoms with van der Waals surface area (Å²) in [6, 6.07) is 18.6. The van der Waals surface area contributed by atoms with E-state index in [0.717, 1.165) is 35.4 Å². The van der Waals surface area contributed by atoms with Crippen LogP contribution in [0, 0.1) is 5.82 Å². The highest BCUT2D eigenvalue weighted by atomic mass is 35.5. The van der Waals surface area contributed by atoms with Crippen LogP contribution < -0.4 is 4.74 Å². The number of carboxylic acid groups (broad SMARTS) is 1. The first-order chi connectivity index (χ1) is 19.4. The molecule has 10 heteroatoms. The molecule has 2 aromatic carbocycles. The van der Waals surface area contributed by atoms with Crippen LogP contribution in [-0.2, 0) is 24.3 Å². The summed E-state index contributed by atoms with van der Waals surface area (Å²) in [6.45, 7) is 1.36. The van der Waals surface area contributed by atoms with E-state index in [2.05, 4.69) is 9.97 Å². The van der Waals surface area contributed by atoms with Crippen molar-refractivity contribution in [2.75, 3.05) is 6.61 Å². The Morgan fingerprint density at radius 3 is 2.70 bits per heavy atom. The Morgan fingerprint density at radius 1 is 1.10 bits per heavy atom. The van der Waals surface area contributed by atoms with E-state index >= 15 is 0 Å². The number of halogens is 2. The molecular formula is C30H24ClFN4O4. The van der Waals surface area contributed by atoms with Crippen molar-refractivity contribution >= 4 is 28.6 Å². The number of ether oxygens (including phenoxy) is 2. The van der Waals surface area contributed by atoms with Crippen molar-refractivity contribution in [3.05, 3.63) is 106 Å². The maximum atomic E-state index is 14.1. The second-order valence-electron chi connectivity index (χ2n) is 9.54. The van der Waals surface area contributed by atoms with Gasteiger partial charge in [-0.1, -0.05) is 29.8 Å². The number of hydrogen-bond acceptors (Lipinski definition) is 6. The quantitative estimate of drug-likeness (QED) is 0.239. The topological polar surface area (TPSA) is 99.4 Å². The molecule has 1 N–H and O–H groups in total. The summed E-state index contributed by atoms with van der Waals surface area (Å²) >= 11 is 5.82. The van der Waals surface area contributed by atoms with Gasteiger partial charge in [0.05, 0.1) is 40.6 Å². The first-order valence-electron chi connectivity index (χ1n) is 12.8. The lowest BCUT2D eigenvalue weighted by molar-refractivity contribution is -0.0589. The van der Waals surface area contributed by atoms with E-state index in [9.17, 15) is 14.3 Å². The second-order valence-corrected chi connectivity index (χ2v) is 9.98. The first kappa shape index (κ1) is 25.9. The Bertz CT molecular complexity index is 1700. The number of carboxylic acids is 1. The Morgan fingerprint density at radius 2 is 1.98 bits per heavy atom. The van der Waals surface area contributed by atoms with Crippen molar-refractivity contribution in [2.45, 2.75) is 32.1 Å². The molecule has 1 unspecified atom stereocenters. The Balaban J connectivity index is 1.20. The van der Waals surface area contributed by atoms with Gasteiger partial charge in [0.25, 0.3) is 0 Å². The van der Waals surface area contributed by atoms with Crippen LogP contribution in [0.2, 0.25) is 5.02 Å². The largest absolute Gasteiger partial charge is 0.478 e. The number of hydrogen-bond donors (Lipinski definition) is 1. The zero-order valence-corrected chi connectivity index (χ0v) is 22.0. The average molecular weight is 559 g/mol. The van der Waals surface area contributed by atoms with Gasteiger partial charge in [0.2, 0.25) is 5.88 Å². The number of aromatic carboxylic acids is 1. The Hall–Kier alpha value is -4.34. The number of benzene rings is 2. The standard InChI is InChI=1S/C30H24ClFN4O4/c31-21-7-5-20(23(32)14-21)17-40-29-3-1-2-25(35-29)24-8-4-18(15-33-24)12-28-34-26-9-6-19(30(37)38)13-27(26)36(28)16-22-10-11-39-22/h1-9,13-15,22H,10-12,16-17H2,(H,37,38). The molecule has 8 nitrogen and oxygen atoms in total. The number of fused-ring (bicyclic) bond motifs is 1. The lowest BCUT2D eigenvalue weighted by Crippen LogP contribution is -2.31. The monoisotopic (exact) mass is 558 g/mol. The van der Waals surface area contributed by atoms with E-state index in [0.29, 0.717) is 40.8 Å². The molecule has 202 valence electrons. The lowest BCUT2D eigenvalue weighted by Gasteiger charge is -2.27. The summed E-state index contributed by atoms with van der Waals surface area (Å²) in [6.07, 6.45) is 3.33. The summed E-state index contributed by atoms with van der Waals surface area (Å²) in [5.74, 6) is -0.246. The Kier molecular flexibility index (Phi) is 7.15. The highest BCUT2D eigenvalue weighted by Crippen LogP contribution is 2.25. The molecule has 0 spiro atoms. The van der Waals surface area contributed by atoms with Gasteiger partial charge in [0, 0.05) is 35.9 Å². The molecule has 0 bridgehead atoms. The number of imidazole rings is 1. The SMILES string of the molecule is O=C(O)c1ccc2nc(Cc3ccc(-c4cccc(OCc5ccc(Cl)cc5F)n4)nc3)n(CC3CCO3)c2c1. The fourth-order valence-corrected chi connectivity index (χ4v) is 4.73. The van der Waals surface area contributed by atoms with Crippen LogP contribution in [0.1, 0.15) is 33.7 Å². The average Bonchev–Trinajstić information content (AvgIpc) is 3.26. The van der Waals surface area contributed by atoms with E-state index in [-0.39, 0.29) is 18.3 Å². The molecule has 0 radical (unpaired) electrons. The van der Waals surface area contributed by atoms with Crippen molar-refractivity contribution in [3.8, 4) is 17.3 Å². The minimum Gasteiger partial charge on any atom is -0.478 e. The molecular weight excluding hydrogens is 535 g/mol. The van der Waals surface area contributed by atoms with E-state index in [1.807, 2.05) is 28.8 Å². The number of nitrogens with zero attached hydrogens (tertiary/aromatic N) is 4. The lowest BCUT2D eigenvalue weighted by atomic mass is 10.1. The van der Waals surface area contributed by atoms with Gasteiger partial charge in [-0.3, -0.25) is 4.98 Å². The molecule has 0 amide bonds. The Labute approximate surface area is 234 Å². The van der Waals surface area contributed by atoms with Crippen molar-refractivity contribution in [2.24, 2.45) is 0 Å². The van der Waals surface area contributed by atoms with Crippen molar-refractivity contribution in [1.82, 2.24) is 19.5 Å². The summed E-state index contributed by atoms with van der Waals surface area (Å²) in [4.78, 5) is 25.5. The molecule has 0 saturated carbocycles. The third-order valence-electron chi connectivity index (χ3n) is 6.82. The van der Waals surface area contributed by atoms with E-state index < -0.39 is 11.8 Å². The summed E-state index contributed by atoms with van der Waals surface area (Å²) in [5.41, 5.74) is 4.34. The van der Waals surface area contributed by atoms with E-state index in [1.54, 1.807) is 42.6 Å². The summed E-state index contributed by atoms with van der Waals surface area (Å²) in [5, 5.41) is 9.79. The predicted octanol–water partition coefficient (Wildman–Crippen LogP) is 5.94. The van der Waals surface area contributed by atoms with Crippen molar-refractivity contribution in [1.29, 1.82) is 0 Å². The van der Waals surface area contributed by atoms with Gasteiger partial charge < -0.3 is 19.1 Å². The van der Waals surface area contributed by atoms with E-state index in [1.165, 1.54) is 6.07 Å². The van der Waals surface area contributed by atoms with Crippen LogP contribution in [0.15, 0.2) is 72.9 Å². The van der Waals surface area contributed by atoms with Gasteiger partial charge in [-0.05, 0) is 54.4 Å². The zero-order valence-electron chi connectivity index (χ0n) is 21.3. The van der Waals surface area contributed by atoms with Gasteiger partial charge in [-0.2, -0.15) is 0 Å². The molecule has 40 heavy (non-hydrogen) atoms. The minimum absolute atomic E-state index is 0.0205. The van der Waals surface area contributed by atoms with Gasteiger partial charge in [-0.15, -0.1) is 0 Å². The highest BCUT2D eigenvalue weighted by Gasteiger charge is 2.22. The third-order valence-corrected chi connectivity index (χ3v) is 7.05. The third kappa shape index (κ3) is 5.52. The molecule has 6 rings (SSSR count). The molecule has 1 atom stereocenters. The van der Waals surface area contributed by atoms with Gasteiger partial charge in [0.1, 0.15) is 18.2 Å². The normalized spacial score (nSPS) is 14.7. The summed E-state index contributed by atoms with van der Waals surface area (Å²) < 4.78 is 27.5. The fraction of sp³-hybridized carbons (Fsp3) is 0.200. The fourth-order valence-electron chi connectivity index (χ4n) is 4.57. The molecule has 1 aliphatic rings. The van der Waals surface area contributed by atoms with Crippen molar-refractivity contribution < 1.29 is 23.8 Å². The van der Waals surface area contributed by atoms with Crippen LogP contribution in [0.25, 0.3) is 22.4 Å². The predicted molar refractivity (Wildman–Crippen MR) is 147 cm³/mol. The van der Waals surface area contributed by atoms with Gasteiger partial charge in [0.15, 0.2) is 0 Å². The molecule has 1 aliphatic heterocycles. The van der Waals surface area contributed by atoms with Crippen LogP contribution in [-0.4, -0.2) is 43.3 Å². The zero-order chi connectivity index (χ0) is 27.6. The van der Waals surface area contributed by atoms with Crippen molar-refractivity contribution in [3.63, 3.8) is 0 Å². The number of aromatic nitrogens is 4. The molecule has 0 aliphatic carbocycles. The number of carbonyl (C=O) groups is 1. The maximum Gasteiger partial charge on any atom is 0.335 e. The number of pyridine rings is 2. The molecule has 5 aromatic rings. The molecule has 3 aromatic heterocycles. The molecule has 1 saturated heterocycles. The van der Waals surface area contributed by atoms with Gasteiger partial charge >= 0.3 is 5.97 Å². The first-order valence-corrected chi connectivity index (χ1v) is 13.1. The maximum absolute atomic E-state index is 14.1. The van der Waals surface area contributed by atoms with Crippen LogP contribution >= 0.6 is 11.6 Å². The van der Waals surface area contributed by atoms with Crippen LogP contribution in [0.5, 0.6) is 5.88 Å². The van der Waals surface area contributed by atoms with E-state index in [4.69, 9.17) is 26.1 Å². The van der Waals surface area contributed by atoms with Crippen LogP contribution in [0.3, 0.4) is 0 Å². The van der Waals surface area contributed by atoms with Crippen LogP contribution in [0.4, 0.5) is 4.39 Å². The molecule has 1 fully saturated rings. The minimum atomic E-state index is -0.976. The molecule has 4 heterocycles. The van der Waals surface area contributed by atoms with Gasteiger partial charge in [-0.25, -0.2) is 19.2 Å². The summed E-state index contributed by atoms with van der Waals surface area (Å²) in [7, 11) is 0.